The lowest BCUT2D eigenvalue weighted by Gasteiger charge is -2.02. The van der Waals surface area contributed by atoms with Gasteiger partial charge in [-0.2, -0.15) is 10.2 Å². The fourth-order valence-corrected chi connectivity index (χ4v) is 1.19. The van der Waals surface area contributed by atoms with Crippen LogP contribution in [0.25, 0.3) is 11.0 Å². The van der Waals surface area contributed by atoms with Gasteiger partial charge in [-0.25, -0.2) is 4.68 Å². The van der Waals surface area contributed by atoms with Gasteiger partial charge in [0.25, 0.3) is 0 Å². The molecule has 0 aliphatic rings. The van der Waals surface area contributed by atoms with E-state index < -0.39 is 0 Å². The van der Waals surface area contributed by atoms with Gasteiger partial charge in [0.1, 0.15) is 0 Å². The molecule has 0 spiro atoms. The Kier molecular flexibility index (Phi) is 3.03. The summed E-state index contributed by atoms with van der Waals surface area (Å²) in [5.74, 6) is 0. The first-order valence-electron chi connectivity index (χ1n) is 4.09. The standard InChI is InChI=1S/C8H11N5.ClH/c1-5(9)7-3-6-4-10-13(2)8(6)12-11-7;/h3-5H,9H2,1-2H3;1H/t5-;/m1./s1. The Morgan fingerprint density at radius 2 is 2.14 bits per heavy atom. The molecule has 76 valence electrons. The molecule has 0 aliphatic heterocycles. The summed E-state index contributed by atoms with van der Waals surface area (Å²) in [7, 11) is 1.84. The molecule has 0 bridgehead atoms. The van der Waals surface area contributed by atoms with E-state index in [1.807, 2.05) is 20.0 Å². The molecule has 2 aromatic rings. The van der Waals surface area contributed by atoms with Crippen molar-refractivity contribution < 1.29 is 0 Å². The zero-order valence-electron chi connectivity index (χ0n) is 8.01. The van der Waals surface area contributed by atoms with Crippen molar-refractivity contribution >= 4 is 23.4 Å². The Morgan fingerprint density at radius 1 is 1.43 bits per heavy atom. The van der Waals surface area contributed by atoms with Crippen molar-refractivity contribution in [3.63, 3.8) is 0 Å². The number of aromatic nitrogens is 4. The second-order valence-electron chi connectivity index (χ2n) is 3.11. The Labute approximate surface area is 87.7 Å². The van der Waals surface area contributed by atoms with Crippen LogP contribution in [0.4, 0.5) is 0 Å². The van der Waals surface area contributed by atoms with Gasteiger partial charge in [0.2, 0.25) is 0 Å². The zero-order chi connectivity index (χ0) is 9.42. The second-order valence-corrected chi connectivity index (χ2v) is 3.11. The minimum Gasteiger partial charge on any atom is -0.323 e. The van der Waals surface area contributed by atoms with E-state index in [0.29, 0.717) is 0 Å². The molecule has 6 heteroatoms. The van der Waals surface area contributed by atoms with Crippen LogP contribution in [0.1, 0.15) is 18.7 Å². The average molecular weight is 214 g/mol. The highest BCUT2D eigenvalue weighted by Crippen LogP contribution is 2.12. The van der Waals surface area contributed by atoms with Gasteiger partial charge in [0.05, 0.1) is 11.9 Å². The quantitative estimate of drug-likeness (QED) is 0.761. The number of nitrogens with zero attached hydrogens (tertiary/aromatic N) is 4. The van der Waals surface area contributed by atoms with Crippen LogP contribution < -0.4 is 5.73 Å². The highest BCUT2D eigenvalue weighted by Gasteiger charge is 2.06. The van der Waals surface area contributed by atoms with Gasteiger partial charge in [0.15, 0.2) is 5.65 Å². The zero-order valence-corrected chi connectivity index (χ0v) is 8.82. The summed E-state index contributed by atoms with van der Waals surface area (Å²) >= 11 is 0. The maximum atomic E-state index is 5.68. The smallest absolute Gasteiger partial charge is 0.180 e. The van der Waals surface area contributed by atoms with Crippen LogP contribution in [-0.2, 0) is 7.05 Å². The van der Waals surface area contributed by atoms with Crippen LogP contribution in [0, 0.1) is 0 Å². The third kappa shape index (κ3) is 1.69. The molecule has 0 amide bonds. The van der Waals surface area contributed by atoms with Crippen molar-refractivity contribution in [1.29, 1.82) is 0 Å². The lowest BCUT2D eigenvalue weighted by atomic mass is 10.2. The summed E-state index contributed by atoms with van der Waals surface area (Å²) in [5, 5.41) is 13.1. The minimum atomic E-state index is -0.0860. The van der Waals surface area contributed by atoms with Crippen molar-refractivity contribution in [1.82, 2.24) is 20.0 Å². The molecule has 0 aliphatic carbocycles. The fourth-order valence-electron chi connectivity index (χ4n) is 1.19. The third-order valence-corrected chi connectivity index (χ3v) is 1.96. The fraction of sp³-hybridized carbons (Fsp3) is 0.375. The normalized spacial score (nSPS) is 12.5. The molecule has 0 radical (unpaired) electrons. The molecule has 0 fully saturated rings. The molecule has 0 aromatic carbocycles. The summed E-state index contributed by atoms with van der Waals surface area (Å²) in [4.78, 5) is 0. The molecule has 14 heavy (non-hydrogen) atoms. The topological polar surface area (TPSA) is 69.6 Å². The van der Waals surface area contributed by atoms with Gasteiger partial charge in [-0.15, -0.1) is 17.5 Å². The summed E-state index contributed by atoms with van der Waals surface area (Å²) in [6, 6.07) is 1.83. The van der Waals surface area contributed by atoms with Crippen molar-refractivity contribution in [3.8, 4) is 0 Å². The number of hydrogen-bond acceptors (Lipinski definition) is 4. The first kappa shape index (κ1) is 10.9. The van der Waals surface area contributed by atoms with Crippen LogP contribution in [0.3, 0.4) is 0 Å². The maximum absolute atomic E-state index is 5.68. The monoisotopic (exact) mass is 213 g/mol. The largest absolute Gasteiger partial charge is 0.323 e. The second kappa shape index (κ2) is 3.89. The summed E-state index contributed by atoms with van der Waals surface area (Å²) in [6.07, 6.45) is 1.76. The number of rotatable bonds is 1. The van der Waals surface area contributed by atoms with E-state index in [1.165, 1.54) is 0 Å². The lowest BCUT2D eigenvalue weighted by Crippen LogP contribution is -2.08. The molecule has 1 atom stereocenters. The Bertz CT molecular complexity index is 436. The van der Waals surface area contributed by atoms with Gasteiger partial charge in [0, 0.05) is 18.5 Å². The number of aryl methyl sites for hydroxylation is 1. The summed E-state index contributed by atoms with van der Waals surface area (Å²) < 4.78 is 1.69. The SMILES string of the molecule is C[C@@H](N)c1cc2cnn(C)c2nn1.Cl. The number of halogens is 1. The minimum absolute atomic E-state index is 0. The van der Waals surface area contributed by atoms with E-state index in [2.05, 4.69) is 15.3 Å². The van der Waals surface area contributed by atoms with Crippen molar-refractivity contribution in [2.45, 2.75) is 13.0 Å². The first-order chi connectivity index (χ1) is 6.18. The van der Waals surface area contributed by atoms with Crippen LogP contribution >= 0.6 is 12.4 Å². The van der Waals surface area contributed by atoms with E-state index in [4.69, 9.17) is 5.73 Å². The Balaban J connectivity index is 0.000000980. The number of fused-ring (bicyclic) bond motifs is 1. The molecular weight excluding hydrogens is 202 g/mol. The van der Waals surface area contributed by atoms with Crippen LogP contribution in [0.5, 0.6) is 0 Å². The molecule has 5 nitrogen and oxygen atoms in total. The van der Waals surface area contributed by atoms with E-state index in [-0.39, 0.29) is 18.4 Å². The Hall–Kier alpha value is -1.20. The summed E-state index contributed by atoms with van der Waals surface area (Å²) in [5.41, 5.74) is 7.26. The van der Waals surface area contributed by atoms with Crippen LogP contribution in [0.15, 0.2) is 12.3 Å². The highest BCUT2D eigenvalue weighted by molar-refractivity contribution is 5.85. The molecular formula is C8H12ClN5. The van der Waals surface area contributed by atoms with Crippen molar-refractivity contribution in [2.24, 2.45) is 12.8 Å². The van der Waals surface area contributed by atoms with Gasteiger partial charge in [-0.1, -0.05) is 0 Å². The number of nitrogens with two attached hydrogens (primary N) is 1. The van der Waals surface area contributed by atoms with E-state index in [0.717, 1.165) is 16.7 Å². The lowest BCUT2D eigenvalue weighted by molar-refractivity contribution is 0.741. The third-order valence-electron chi connectivity index (χ3n) is 1.96. The predicted octanol–water partition coefficient (Wildman–Crippen LogP) is 0.805. The van der Waals surface area contributed by atoms with Crippen molar-refractivity contribution in [2.75, 3.05) is 0 Å². The molecule has 2 aromatic heterocycles. The van der Waals surface area contributed by atoms with Gasteiger partial charge < -0.3 is 5.73 Å². The maximum Gasteiger partial charge on any atom is 0.180 e. The summed E-state index contributed by atoms with van der Waals surface area (Å²) in [6.45, 7) is 1.88. The van der Waals surface area contributed by atoms with E-state index >= 15 is 0 Å². The van der Waals surface area contributed by atoms with Gasteiger partial charge >= 0.3 is 0 Å². The van der Waals surface area contributed by atoms with Crippen LogP contribution in [-0.4, -0.2) is 20.0 Å². The first-order valence-corrected chi connectivity index (χ1v) is 4.09. The van der Waals surface area contributed by atoms with Gasteiger partial charge in [-0.05, 0) is 13.0 Å². The molecule has 0 saturated heterocycles. The molecule has 2 heterocycles. The van der Waals surface area contributed by atoms with Crippen LogP contribution in [0.2, 0.25) is 0 Å². The highest BCUT2D eigenvalue weighted by atomic mass is 35.5. The average Bonchev–Trinajstić information content (AvgIpc) is 2.47. The molecule has 0 unspecified atom stereocenters. The van der Waals surface area contributed by atoms with Gasteiger partial charge in [-0.3, -0.25) is 0 Å². The molecule has 0 saturated carbocycles. The molecule has 2 rings (SSSR count). The Morgan fingerprint density at radius 3 is 2.79 bits per heavy atom. The van der Waals surface area contributed by atoms with E-state index in [1.54, 1.807) is 10.9 Å². The van der Waals surface area contributed by atoms with E-state index in [9.17, 15) is 0 Å². The van der Waals surface area contributed by atoms with Crippen molar-refractivity contribution in [3.05, 3.63) is 18.0 Å². The number of hydrogen-bond donors (Lipinski definition) is 1. The molecule has 2 N–H and O–H groups in total. The predicted molar refractivity (Wildman–Crippen MR) is 56.2 cm³/mol.